The first-order valence-corrected chi connectivity index (χ1v) is 8.88. The van der Waals surface area contributed by atoms with Gasteiger partial charge in [-0.3, -0.25) is 0 Å². The van der Waals surface area contributed by atoms with Crippen LogP contribution in [0.1, 0.15) is 38.5 Å². The third kappa shape index (κ3) is 1.17. The number of hydrogen-bond acceptors (Lipinski definition) is 1. The molecule has 2 aliphatic carbocycles. The molecule has 0 atom stereocenters. The predicted molar refractivity (Wildman–Crippen MR) is 41.6 cm³/mol. The molecule has 2 aliphatic rings. The molecule has 0 heterocycles. The van der Waals surface area contributed by atoms with E-state index in [1.54, 1.807) is 0 Å². The molecule has 0 aromatic heterocycles. The fraction of sp³-hybridized carbons (Fsp3) is 1.00. The van der Waals surface area contributed by atoms with E-state index in [0.717, 1.165) is 7.87 Å². The third-order valence-electron chi connectivity index (χ3n) is 3.02. The zero-order valence-electron chi connectivity index (χ0n) is 6.31. The second-order valence-corrected chi connectivity index (χ2v) is 10.6. The van der Waals surface area contributed by atoms with E-state index in [4.69, 9.17) is 0 Å². The molecule has 2 rings (SSSR count). The van der Waals surface area contributed by atoms with Crippen LogP contribution in [0, 0.1) is 0 Å². The van der Waals surface area contributed by atoms with Crippen molar-refractivity contribution >= 4 is 19.7 Å². The van der Waals surface area contributed by atoms with Crippen molar-refractivity contribution in [2.75, 3.05) is 0 Å². The summed E-state index contributed by atoms with van der Waals surface area (Å²) in [6.07, 6.45) is 7.99. The second kappa shape index (κ2) is 2.92. The molecule has 0 radical (unpaired) electrons. The van der Waals surface area contributed by atoms with Gasteiger partial charge in [0, 0.05) is 0 Å². The molecule has 56 valence electrons. The minimum absolute atomic E-state index is 0.771. The monoisotopic (exact) mass is 246 g/mol. The first kappa shape index (κ1) is 7.26. The standard InChI is InChI=1S/2C4H7.O.Sn/c2*1-2-4-3-1;;/h2*1H,2-4H2;;. The Hall–Kier alpha value is 0.599. The van der Waals surface area contributed by atoms with Crippen molar-refractivity contribution in [2.24, 2.45) is 0 Å². The van der Waals surface area contributed by atoms with E-state index in [0.29, 0.717) is 0 Å². The van der Waals surface area contributed by atoms with Crippen molar-refractivity contribution in [2.45, 2.75) is 46.4 Å². The quantitative estimate of drug-likeness (QED) is 0.683. The fourth-order valence-corrected chi connectivity index (χ4v) is 9.20. The van der Waals surface area contributed by atoms with E-state index in [1.807, 2.05) is 0 Å². The van der Waals surface area contributed by atoms with Crippen LogP contribution in [0.5, 0.6) is 0 Å². The van der Waals surface area contributed by atoms with Crippen molar-refractivity contribution in [1.82, 2.24) is 0 Å². The summed E-state index contributed by atoms with van der Waals surface area (Å²) in [4.78, 5) is 0. The van der Waals surface area contributed by atoms with Gasteiger partial charge in [0.1, 0.15) is 0 Å². The maximum atomic E-state index is 11.7. The Morgan fingerprint density at radius 1 is 0.900 bits per heavy atom. The van der Waals surface area contributed by atoms with Crippen LogP contribution in [-0.4, -0.2) is 19.7 Å². The van der Waals surface area contributed by atoms with Gasteiger partial charge in [-0.1, -0.05) is 0 Å². The molecule has 0 aliphatic heterocycles. The van der Waals surface area contributed by atoms with E-state index in [2.05, 4.69) is 0 Å². The van der Waals surface area contributed by atoms with Crippen molar-refractivity contribution in [3.05, 3.63) is 0 Å². The summed E-state index contributed by atoms with van der Waals surface area (Å²) in [5.74, 6) is 0. The zero-order valence-corrected chi connectivity index (χ0v) is 9.16. The molecule has 1 nitrogen and oxygen atoms in total. The summed E-state index contributed by atoms with van der Waals surface area (Å²) >= 11 is -2.00. The molecular formula is C8H14OSn. The SMILES string of the molecule is [O]=[Sn]([CH]1CCC1)[CH]1CCC1. The molecule has 10 heavy (non-hydrogen) atoms. The Kier molecular flexibility index (Phi) is 2.12. The fourth-order valence-electron chi connectivity index (χ4n) is 1.72. The number of hydrogen-bond donors (Lipinski definition) is 0. The van der Waals surface area contributed by atoms with Gasteiger partial charge in [0.25, 0.3) is 0 Å². The first-order chi connectivity index (χ1) is 4.88. The van der Waals surface area contributed by atoms with Crippen LogP contribution in [0.2, 0.25) is 7.87 Å². The van der Waals surface area contributed by atoms with Gasteiger partial charge in [-0.05, 0) is 0 Å². The Morgan fingerprint density at radius 2 is 1.30 bits per heavy atom. The van der Waals surface area contributed by atoms with Crippen LogP contribution in [0.4, 0.5) is 0 Å². The van der Waals surface area contributed by atoms with Crippen molar-refractivity contribution in [1.29, 1.82) is 0 Å². The molecule has 2 fully saturated rings. The summed E-state index contributed by atoms with van der Waals surface area (Å²) in [6.45, 7) is 0. The van der Waals surface area contributed by atoms with Gasteiger partial charge < -0.3 is 0 Å². The minimum atomic E-state index is -2.00. The van der Waals surface area contributed by atoms with E-state index in [9.17, 15) is 3.08 Å². The zero-order chi connectivity index (χ0) is 6.97. The molecule has 2 heteroatoms. The average Bonchev–Trinajstić information content (AvgIpc) is 1.52. The molecule has 0 aromatic carbocycles. The third-order valence-corrected chi connectivity index (χ3v) is 10.9. The molecule has 0 unspecified atom stereocenters. The molecule has 2 saturated carbocycles. The van der Waals surface area contributed by atoms with Crippen molar-refractivity contribution < 1.29 is 3.08 Å². The van der Waals surface area contributed by atoms with Crippen molar-refractivity contribution in [3.63, 3.8) is 0 Å². The van der Waals surface area contributed by atoms with Crippen molar-refractivity contribution in [3.8, 4) is 0 Å². The van der Waals surface area contributed by atoms with Gasteiger partial charge in [0.15, 0.2) is 0 Å². The van der Waals surface area contributed by atoms with Gasteiger partial charge in [-0.15, -0.1) is 0 Å². The van der Waals surface area contributed by atoms with Crippen LogP contribution in [0.3, 0.4) is 0 Å². The number of rotatable bonds is 2. The molecule has 0 saturated heterocycles. The van der Waals surface area contributed by atoms with Crippen LogP contribution < -0.4 is 0 Å². The molecule has 0 aromatic rings. The van der Waals surface area contributed by atoms with Gasteiger partial charge in [-0.25, -0.2) is 0 Å². The summed E-state index contributed by atoms with van der Waals surface area (Å²) in [7, 11) is 0. The predicted octanol–water partition coefficient (Wildman–Crippen LogP) is 2.52. The second-order valence-electron chi connectivity index (χ2n) is 3.66. The van der Waals surface area contributed by atoms with E-state index < -0.39 is 19.7 Å². The Balaban J connectivity index is 1.84. The topological polar surface area (TPSA) is 17.1 Å². The molecule has 0 spiro atoms. The van der Waals surface area contributed by atoms with E-state index in [1.165, 1.54) is 38.5 Å². The summed E-state index contributed by atoms with van der Waals surface area (Å²) in [6, 6.07) is 0. The van der Waals surface area contributed by atoms with Crippen LogP contribution in [0.15, 0.2) is 0 Å². The Labute approximate surface area is 69.3 Å². The molecular weight excluding hydrogens is 231 g/mol. The molecule has 0 amide bonds. The van der Waals surface area contributed by atoms with Crippen LogP contribution >= 0.6 is 0 Å². The van der Waals surface area contributed by atoms with Gasteiger partial charge >= 0.3 is 69.2 Å². The Morgan fingerprint density at radius 3 is 1.50 bits per heavy atom. The normalized spacial score (nSPS) is 27.2. The van der Waals surface area contributed by atoms with Gasteiger partial charge in [0.2, 0.25) is 0 Å². The summed E-state index contributed by atoms with van der Waals surface area (Å²) < 4.78 is 13.2. The molecule has 0 bridgehead atoms. The Bertz CT molecular complexity index is 131. The van der Waals surface area contributed by atoms with Gasteiger partial charge in [0.05, 0.1) is 0 Å². The van der Waals surface area contributed by atoms with Crippen LogP contribution in [-0.2, 0) is 3.08 Å². The van der Waals surface area contributed by atoms with E-state index >= 15 is 0 Å². The average molecular weight is 245 g/mol. The van der Waals surface area contributed by atoms with Gasteiger partial charge in [-0.2, -0.15) is 0 Å². The first-order valence-electron chi connectivity index (χ1n) is 4.41. The summed E-state index contributed by atoms with van der Waals surface area (Å²) in [5, 5.41) is 0. The molecule has 0 N–H and O–H groups in total. The van der Waals surface area contributed by atoms with E-state index in [-0.39, 0.29) is 0 Å². The maximum absolute atomic E-state index is 11.7. The summed E-state index contributed by atoms with van der Waals surface area (Å²) in [5.41, 5.74) is 0. The van der Waals surface area contributed by atoms with Crippen LogP contribution in [0.25, 0.3) is 0 Å².